The average Bonchev–Trinajstić information content (AvgIpc) is 2.26. The molecule has 0 aromatic heterocycles. The monoisotopic (exact) mass is 190 g/mol. The van der Waals surface area contributed by atoms with Gasteiger partial charge in [0.15, 0.2) is 6.61 Å². The van der Waals surface area contributed by atoms with Gasteiger partial charge < -0.3 is 9.47 Å². The molecular formula is C11H10O3. The second-order valence-electron chi connectivity index (χ2n) is 2.51. The third kappa shape index (κ3) is 2.53. The van der Waals surface area contributed by atoms with Gasteiger partial charge >= 0.3 is 5.97 Å². The molecule has 0 bridgehead atoms. The van der Waals surface area contributed by atoms with Crippen molar-refractivity contribution in [3.05, 3.63) is 29.8 Å². The Kier molecular flexibility index (Phi) is 3.57. The highest BCUT2D eigenvalue weighted by atomic mass is 16.5. The van der Waals surface area contributed by atoms with Crippen molar-refractivity contribution < 1.29 is 14.3 Å². The summed E-state index contributed by atoms with van der Waals surface area (Å²) < 4.78 is 9.68. The summed E-state index contributed by atoms with van der Waals surface area (Å²) in [5.41, 5.74) is 0.459. The fourth-order valence-electron chi connectivity index (χ4n) is 0.918. The van der Waals surface area contributed by atoms with Crippen molar-refractivity contribution in [1.29, 1.82) is 0 Å². The van der Waals surface area contributed by atoms with Crippen molar-refractivity contribution in [2.75, 3.05) is 13.7 Å². The molecule has 0 radical (unpaired) electrons. The number of ether oxygens (including phenoxy) is 2. The molecule has 0 aliphatic carbocycles. The largest absolute Gasteiger partial charge is 0.497 e. The molecule has 3 nitrogen and oxygen atoms in total. The van der Waals surface area contributed by atoms with Crippen molar-refractivity contribution in [2.45, 2.75) is 0 Å². The molecule has 0 amide bonds. The van der Waals surface area contributed by atoms with E-state index < -0.39 is 5.97 Å². The van der Waals surface area contributed by atoms with Crippen molar-refractivity contribution >= 4 is 5.97 Å². The van der Waals surface area contributed by atoms with E-state index in [2.05, 4.69) is 5.92 Å². The lowest BCUT2D eigenvalue weighted by atomic mass is 10.2. The molecule has 72 valence electrons. The van der Waals surface area contributed by atoms with Gasteiger partial charge in [0.2, 0.25) is 0 Å². The van der Waals surface area contributed by atoms with Crippen LogP contribution in [0, 0.1) is 12.3 Å². The number of methoxy groups -OCH3 is 1. The number of hydrogen-bond acceptors (Lipinski definition) is 3. The number of carbonyl (C=O) groups excluding carboxylic acids is 1. The lowest BCUT2D eigenvalue weighted by Crippen LogP contribution is -2.04. The molecule has 1 rings (SSSR count). The van der Waals surface area contributed by atoms with E-state index in [4.69, 9.17) is 15.9 Å². The van der Waals surface area contributed by atoms with Crippen LogP contribution in [0.4, 0.5) is 0 Å². The first-order valence-corrected chi connectivity index (χ1v) is 4.02. The molecule has 0 saturated heterocycles. The van der Waals surface area contributed by atoms with Gasteiger partial charge in [-0.05, 0) is 24.3 Å². The molecule has 0 aliphatic rings. The van der Waals surface area contributed by atoms with Crippen molar-refractivity contribution in [2.24, 2.45) is 0 Å². The Bertz CT molecular complexity index is 346. The predicted molar refractivity (Wildman–Crippen MR) is 52.1 cm³/mol. The quantitative estimate of drug-likeness (QED) is 0.535. The summed E-state index contributed by atoms with van der Waals surface area (Å²) in [4.78, 5) is 11.2. The van der Waals surface area contributed by atoms with E-state index in [1.165, 1.54) is 0 Å². The Morgan fingerprint density at radius 1 is 1.43 bits per heavy atom. The van der Waals surface area contributed by atoms with Crippen molar-refractivity contribution in [3.8, 4) is 18.1 Å². The zero-order valence-corrected chi connectivity index (χ0v) is 7.82. The zero-order chi connectivity index (χ0) is 10.4. The molecule has 1 aromatic rings. The minimum atomic E-state index is -0.425. The first-order chi connectivity index (χ1) is 6.77. The highest BCUT2D eigenvalue weighted by Crippen LogP contribution is 2.11. The van der Waals surface area contributed by atoms with Crippen LogP contribution < -0.4 is 4.74 Å². The summed E-state index contributed by atoms with van der Waals surface area (Å²) in [7, 11) is 1.56. The summed E-state index contributed by atoms with van der Waals surface area (Å²) in [6, 6.07) is 6.62. The van der Waals surface area contributed by atoms with Crippen LogP contribution in [-0.4, -0.2) is 19.7 Å². The van der Waals surface area contributed by atoms with Gasteiger partial charge in [0.25, 0.3) is 0 Å². The van der Waals surface area contributed by atoms with Gasteiger partial charge in [-0.1, -0.05) is 5.92 Å². The Hall–Kier alpha value is -1.95. The minimum Gasteiger partial charge on any atom is -0.497 e. The van der Waals surface area contributed by atoms with Crippen molar-refractivity contribution in [1.82, 2.24) is 0 Å². The molecule has 0 atom stereocenters. The number of rotatable bonds is 3. The van der Waals surface area contributed by atoms with E-state index in [0.29, 0.717) is 11.3 Å². The first-order valence-electron chi connectivity index (χ1n) is 4.02. The summed E-state index contributed by atoms with van der Waals surface area (Å²) >= 11 is 0. The van der Waals surface area contributed by atoms with Gasteiger partial charge in [0.05, 0.1) is 12.7 Å². The summed E-state index contributed by atoms with van der Waals surface area (Å²) in [5, 5.41) is 0. The maximum absolute atomic E-state index is 11.2. The fourth-order valence-corrected chi connectivity index (χ4v) is 0.918. The van der Waals surface area contributed by atoms with Crippen LogP contribution in [0.1, 0.15) is 10.4 Å². The van der Waals surface area contributed by atoms with E-state index in [1.807, 2.05) is 0 Å². The summed E-state index contributed by atoms with van der Waals surface area (Å²) in [6.45, 7) is -0.00906. The maximum atomic E-state index is 11.2. The molecule has 0 spiro atoms. The number of benzene rings is 1. The van der Waals surface area contributed by atoms with Crippen LogP contribution in [0.3, 0.4) is 0 Å². The number of carbonyl (C=O) groups is 1. The van der Waals surface area contributed by atoms with E-state index in [0.717, 1.165) is 0 Å². The molecule has 0 heterocycles. The minimum absolute atomic E-state index is 0.00906. The van der Waals surface area contributed by atoms with E-state index in [1.54, 1.807) is 31.4 Å². The van der Waals surface area contributed by atoms with Gasteiger partial charge in [0, 0.05) is 0 Å². The molecule has 14 heavy (non-hydrogen) atoms. The Morgan fingerprint density at radius 3 is 2.57 bits per heavy atom. The van der Waals surface area contributed by atoms with Gasteiger partial charge in [-0.3, -0.25) is 0 Å². The van der Waals surface area contributed by atoms with Gasteiger partial charge in [0.1, 0.15) is 5.75 Å². The normalized spacial score (nSPS) is 8.86. The molecule has 1 aromatic carbocycles. The standard InChI is InChI=1S/C11H10O3/c1-3-8-14-11(12)9-4-6-10(13-2)7-5-9/h1,4-7H,8H2,2H3. The second kappa shape index (κ2) is 4.93. The Morgan fingerprint density at radius 2 is 2.07 bits per heavy atom. The first kappa shape index (κ1) is 10.1. The molecule has 0 saturated carbocycles. The lowest BCUT2D eigenvalue weighted by Gasteiger charge is -2.02. The second-order valence-corrected chi connectivity index (χ2v) is 2.51. The lowest BCUT2D eigenvalue weighted by molar-refractivity contribution is 0.0557. The average molecular weight is 190 g/mol. The van der Waals surface area contributed by atoms with E-state index in [-0.39, 0.29) is 6.61 Å². The van der Waals surface area contributed by atoms with Crippen LogP contribution >= 0.6 is 0 Å². The van der Waals surface area contributed by atoms with Gasteiger partial charge in [-0.2, -0.15) is 0 Å². The van der Waals surface area contributed by atoms with E-state index in [9.17, 15) is 4.79 Å². The molecule has 0 fully saturated rings. The van der Waals surface area contributed by atoms with Crippen LogP contribution in [-0.2, 0) is 4.74 Å². The zero-order valence-electron chi connectivity index (χ0n) is 7.82. The summed E-state index contributed by atoms with van der Waals surface area (Å²) in [5.74, 6) is 2.49. The van der Waals surface area contributed by atoms with Gasteiger partial charge in [-0.25, -0.2) is 4.79 Å². The highest BCUT2D eigenvalue weighted by molar-refractivity contribution is 5.89. The maximum Gasteiger partial charge on any atom is 0.339 e. The van der Waals surface area contributed by atoms with Crippen LogP contribution in [0.5, 0.6) is 5.75 Å². The van der Waals surface area contributed by atoms with Crippen LogP contribution in [0.2, 0.25) is 0 Å². The SMILES string of the molecule is C#CCOC(=O)c1ccc(OC)cc1. The summed E-state index contributed by atoms with van der Waals surface area (Å²) in [6.07, 6.45) is 4.95. The van der Waals surface area contributed by atoms with Crippen molar-refractivity contribution in [3.63, 3.8) is 0 Å². The third-order valence-corrected chi connectivity index (χ3v) is 1.61. The predicted octanol–water partition coefficient (Wildman–Crippen LogP) is 1.49. The molecule has 0 unspecified atom stereocenters. The molecule has 0 aliphatic heterocycles. The van der Waals surface area contributed by atoms with E-state index >= 15 is 0 Å². The van der Waals surface area contributed by atoms with Crippen LogP contribution in [0.25, 0.3) is 0 Å². The third-order valence-electron chi connectivity index (χ3n) is 1.61. The Balaban J connectivity index is 2.67. The molecule has 3 heteroatoms. The highest BCUT2D eigenvalue weighted by Gasteiger charge is 2.05. The fraction of sp³-hybridized carbons (Fsp3) is 0.182. The topological polar surface area (TPSA) is 35.5 Å². The molecule has 0 N–H and O–H groups in total. The Labute approximate surface area is 82.6 Å². The van der Waals surface area contributed by atoms with Gasteiger partial charge in [-0.15, -0.1) is 6.42 Å². The van der Waals surface area contributed by atoms with Crippen LogP contribution in [0.15, 0.2) is 24.3 Å². The number of hydrogen-bond donors (Lipinski definition) is 0. The number of esters is 1. The molecular weight excluding hydrogens is 180 g/mol. The smallest absolute Gasteiger partial charge is 0.339 e. The number of terminal acetylenes is 1.